The Hall–Kier alpha value is -1.18. The molecule has 0 fully saturated rings. The number of hydrogen-bond acceptors (Lipinski definition) is 2. The van der Waals surface area contributed by atoms with Crippen LogP contribution in [0.5, 0.6) is 0 Å². The van der Waals surface area contributed by atoms with E-state index in [0.717, 1.165) is 17.9 Å². The van der Waals surface area contributed by atoms with Crippen LogP contribution in [0.3, 0.4) is 0 Å². The quantitative estimate of drug-likeness (QED) is 0.545. The molecule has 0 saturated carbocycles. The van der Waals surface area contributed by atoms with Crippen LogP contribution in [0, 0.1) is 5.41 Å². The van der Waals surface area contributed by atoms with Crippen molar-refractivity contribution in [1.82, 2.24) is 0 Å². The Labute approximate surface area is 106 Å². The van der Waals surface area contributed by atoms with Gasteiger partial charge in [0.25, 0.3) is 0 Å². The van der Waals surface area contributed by atoms with E-state index in [1.54, 1.807) is 0 Å². The van der Waals surface area contributed by atoms with Crippen molar-refractivity contribution in [2.24, 2.45) is 5.41 Å². The highest BCUT2D eigenvalue weighted by Crippen LogP contribution is 2.24. The van der Waals surface area contributed by atoms with Crippen LogP contribution < -0.4 is 11.1 Å². The minimum absolute atomic E-state index is 0.358. The molecule has 0 bridgehead atoms. The van der Waals surface area contributed by atoms with Crippen LogP contribution in [0.15, 0.2) is 24.3 Å². The van der Waals surface area contributed by atoms with E-state index in [9.17, 15) is 0 Å². The van der Waals surface area contributed by atoms with E-state index in [4.69, 9.17) is 5.73 Å². The molecular weight excluding hydrogens is 208 g/mol. The molecule has 17 heavy (non-hydrogen) atoms. The van der Waals surface area contributed by atoms with Crippen molar-refractivity contribution in [3.8, 4) is 0 Å². The summed E-state index contributed by atoms with van der Waals surface area (Å²) < 4.78 is 0. The number of nitrogen functional groups attached to an aromatic ring is 1. The molecule has 0 saturated heterocycles. The Morgan fingerprint density at radius 1 is 1.12 bits per heavy atom. The summed E-state index contributed by atoms with van der Waals surface area (Å²) in [5.41, 5.74) is 7.99. The molecule has 3 N–H and O–H groups in total. The van der Waals surface area contributed by atoms with Crippen molar-refractivity contribution < 1.29 is 0 Å². The first kappa shape index (κ1) is 13.9. The van der Waals surface area contributed by atoms with Crippen LogP contribution >= 0.6 is 0 Å². The molecule has 2 heteroatoms. The molecule has 1 aromatic carbocycles. The smallest absolute Gasteiger partial charge is 0.0341 e. The van der Waals surface area contributed by atoms with Gasteiger partial charge in [0.1, 0.15) is 0 Å². The van der Waals surface area contributed by atoms with Crippen LogP contribution in [0.25, 0.3) is 0 Å². The van der Waals surface area contributed by atoms with Gasteiger partial charge in [-0.2, -0.15) is 0 Å². The average molecular weight is 234 g/mol. The van der Waals surface area contributed by atoms with Crippen LogP contribution in [-0.4, -0.2) is 6.54 Å². The van der Waals surface area contributed by atoms with Gasteiger partial charge in [-0.1, -0.05) is 40.0 Å². The Bertz CT molecular complexity index is 314. The second-order valence-electron chi connectivity index (χ2n) is 5.60. The number of nitrogens with two attached hydrogens (primary N) is 1. The summed E-state index contributed by atoms with van der Waals surface area (Å²) in [6, 6.07) is 7.95. The Morgan fingerprint density at radius 2 is 1.76 bits per heavy atom. The summed E-state index contributed by atoms with van der Waals surface area (Å²) in [6.07, 6.45) is 5.24. The molecule has 0 unspecified atom stereocenters. The van der Waals surface area contributed by atoms with E-state index >= 15 is 0 Å². The minimum atomic E-state index is 0.358. The lowest BCUT2D eigenvalue weighted by atomic mass is 9.87. The van der Waals surface area contributed by atoms with Gasteiger partial charge in [-0.25, -0.2) is 0 Å². The lowest BCUT2D eigenvalue weighted by Gasteiger charge is -2.25. The summed E-state index contributed by atoms with van der Waals surface area (Å²) in [7, 11) is 0. The summed E-state index contributed by atoms with van der Waals surface area (Å²) in [5.74, 6) is 0. The average Bonchev–Trinajstić information content (AvgIpc) is 2.29. The predicted molar refractivity (Wildman–Crippen MR) is 77.3 cm³/mol. The third kappa shape index (κ3) is 5.62. The molecule has 0 radical (unpaired) electrons. The van der Waals surface area contributed by atoms with E-state index in [1.807, 2.05) is 24.3 Å². The largest absolute Gasteiger partial charge is 0.399 e. The van der Waals surface area contributed by atoms with Gasteiger partial charge in [-0.05, 0) is 36.1 Å². The molecule has 0 aliphatic carbocycles. The normalized spacial score (nSPS) is 11.5. The van der Waals surface area contributed by atoms with Gasteiger partial charge in [0.2, 0.25) is 0 Å². The van der Waals surface area contributed by atoms with Crippen molar-refractivity contribution in [1.29, 1.82) is 0 Å². The molecule has 0 aliphatic heterocycles. The first-order chi connectivity index (χ1) is 8.03. The molecule has 1 aromatic rings. The molecule has 1 rings (SSSR count). The molecule has 96 valence electrons. The van der Waals surface area contributed by atoms with Crippen LogP contribution in [0.2, 0.25) is 0 Å². The van der Waals surface area contributed by atoms with Crippen molar-refractivity contribution in [3.05, 3.63) is 24.3 Å². The first-order valence-electron chi connectivity index (χ1n) is 6.63. The van der Waals surface area contributed by atoms with E-state index in [0.29, 0.717) is 5.41 Å². The van der Waals surface area contributed by atoms with E-state index < -0.39 is 0 Å². The van der Waals surface area contributed by atoms with Crippen molar-refractivity contribution in [2.45, 2.75) is 46.5 Å². The first-order valence-corrected chi connectivity index (χ1v) is 6.63. The van der Waals surface area contributed by atoms with Gasteiger partial charge in [0.05, 0.1) is 0 Å². The standard InChI is InChI=1S/C15H26N2/c1-4-5-6-11-15(2,3)12-17-14-9-7-13(16)8-10-14/h7-10,17H,4-6,11-12,16H2,1-3H3. The minimum Gasteiger partial charge on any atom is -0.399 e. The third-order valence-electron chi connectivity index (χ3n) is 3.14. The molecule has 0 spiro atoms. The Morgan fingerprint density at radius 3 is 2.35 bits per heavy atom. The molecular formula is C15H26N2. The maximum Gasteiger partial charge on any atom is 0.0341 e. The number of anilines is 2. The Balaban J connectivity index is 2.35. The number of nitrogens with one attached hydrogen (secondary N) is 1. The summed E-state index contributed by atoms with van der Waals surface area (Å²) in [4.78, 5) is 0. The SMILES string of the molecule is CCCCCC(C)(C)CNc1ccc(N)cc1. The fraction of sp³-hybridized carbons (Fsp3) is 0.600. The zero-order valence-corrected chi connectivity index (χ0v) is 11.4. The van der Waals surface area contributed by atoms with Gasteiger partial charge in [0, 0.05) is 17.9 Å². The lowest BCUT2D eigenvalue weighted by Crippen LogP contribution is -2.23. The summed E-state index contributed by atoms with van der Waals surface area (Å²) in [5, 5.41) is 3.48. The van der Waals surface area contributed by atoms with Crippen molar-refractivity contribution in [3.63, 3.8) is 0 Å². The zero-order valence-electron chi connectivity index (χ0n) is 11.4. The molecule has 0 atom stereocenters. The second kappa shape index (κ2) is 6.53. The van der Waals surface area contributed by atoms with E-state index in [1.165, 1.54) is 25.7 Å². The monoisotopic (exact) mass is 234 g/mol. The molecule has 2 nitrogen and oxygen atoms in total. The van der Waals surface area contributed by atoms with Gasteiger partial charge < -0.3 is 11.1 Å². The van der Waals surface area contributed by atoms with E-state index in [-0.39, 0.29) is 0 Å². The maximum atomic E-state index is 5.66. The summed E-state index contributed by atoms with van der Waals surface area (Å²) in [6.45, 7) is 7.92. The van der Waals surface area contributed by atoms with Gasteiger partial charge >= 0.3 is 0 Å². The maximum absolute atomic E-state index is 5.66. The van der Waals surface area contributed by atoms with Crippen LogP contribution in [0.1, 0.15) is 46.5 Å². The van der Waals surface area contributed by atoms with Gasteiger partial charge in [0.15, 0.2) is 0 Å². The number of rotatable bonds is 7. The fourth-order valence-electron chi connectivity index (χ4n) is 1.88. The number of hydrogen-bond donors (Lipinski definition) is 2. The zero-order chi connectivity index (χ0) is 12.7. The fourth-order valence-corrected chi connectivity index (χ4v) is 1.88. The topological polar surface area (TPSA) is 38.0 Å². The number of unbranched alkanes of at least 4 members (excludes halogenated alkanes) is 2. The van der Waals surface area contributed by atoms with E-state index in [2.05, 4.69) is 26.1 Å². The van der Waals surface area contributed by atoms with Crippen molar-refractivity contribution >= 4 is 11.4 Å². The van der Waals surface area contributed by atoms with Crippen LogP contribution in [-0.2, 0) is 0 Å². The predicted octanol–water partition coefficient (Wildman–Crippen LogP) is 4.29. The Kier molecular flexibility index (Phi) is 5.33. The molecule has 0 amide bonds. The van der Waals surface area contributed by atoms with Crippen molar-refractivity contribution in [2.75, 3.05) is 17.6 Å². The lowest BCUT2D eigenvalue weighted by molar-refractivity contribution is 0.342. The highest BCUT2D eigenvalue weighted by Gasteiger charge is 2.16. The second-order valence-corrected chi connectivity index (χ2v) is 5.60. The van der Waals surface area contributed by atoms with Gasteiger partial charge in [-0.3, -0.25) is 0 Å². The summed E-state index contributed by atoms with van der Waals surface area (Å²) >= 11 is 0. The molecule has 0 aliphatic rings. The number of benzene rings is 1. The molecule has 0 aromatic heterocycles. The van der Waals surface area contributed by atoms with Crippen LogP contribution in [0.4, 0.5) is 11.4 Å². The third-order valence-corrected chi connectivity index (χ3v) is 3.14. The highest BCUT2D eigenvalue weighted by molar-refractivity contribution is 5.51. The molecule has 0 heterocycles. The highest BCUT2D eigenvalue weighted by atomic mass is 14.9. The van der Waals surface area contributed by atoms with Gasteiger partial charge in [-0.15, -0.1) is 0 Å².